The summed E-state index contributed by atoms with van der Waals surface area (Å²) < 4.78 is 0. The molecule has 1 aromatic heterocycles. The van der Waals surface area contributed by atoms with E-state index in [0.717, 1.165) is 29.3 Å². The van der Waals surface area contributed by atoms with Crippen molar-refractivity contribution in [3.63, 3.8) is 0 Å². The Hall–Kier alpha value is -1.90. The van der Waals surface area contributed by atoms with Crippen molar-refractivity contribution in [3.8, 4) is 0 Å². The minimum Gasteiger partial charge on any atom is -0.373 e. The molecular formula is C15H19N3. The van der Waals surface area contributed by atoms with Gasteiger partial charge in [-0.2, -0.15) is 0 Å². The van der Waals surface area contributed by atoms with E-state index in [1.807, 2.05) is 20.9 Å². The molecule has 0 saturated carbocycles. The van der Waals surface area contributed by atoms with Crippen LogP contribution < -0.4 is 5.32 Å². The standard InChI is InChI=1S/C15H19N3/c1-10-5-7-13(8-6-10)9-14-17-12(3)11(2)15(16-4)18-14/h5-8H,9H2,1-4H3,(H,16,17,18). The molecule has 1 N–H and O–H groups in total. The molecule has 0 unspecified atom stereocenters. The molecule has 3 heteroatoms. The molecule has 3 nitrogen and oxygen atoms in total. The van der Waals surface area contributed by atoms with E-state index in [-0.39, 0.29) is 0 Å². The monoisotopic (exact) mass is 241 g/mol. The first-order valence-electron chi connectivity index (χ1n) is 6.17. The predicted octanol–water partition coefficient (Wildman–Crippen LogP) is 3.03. The first-order chi connectivity index (χ1) is 8.60. The maximum atomic E-state index is 4.55. The average Bonchev–Trinajstić information content (AvgIpc) is 2.36. The molecule has 18 heavy (non-hydrogen) atoms. The van der Waals surface area contributed by atoms with Gasteiger partial charge in [-0.3, -0.25) is 0 Å². The Labute approximate surface area is 108 Å². The third-order valence-corrected chi connectivity index (χ3v) is 3.16. The number of rotatable bonds is 3. The Balaban J connectivity index is 2.29. The van der Waals surface area contributed by atoms with Crippen LogP contribution >= 0.6 is 0 Å². The van der Waals surface area contributed by atoms with Gasteiger partial charge in [-0.05, 0) is 26.3 Å². The summed E-state index contributed by atoms with van der Waals surface area (Å²) >= 11 is 0. The van der Waals surface area contributed by atoms with Gasteiger partial charge in [-0.15, -0.1) is 0 Å². The first-order valence-corrected chi connectivity index (χ1v) is 6.17. The Bertz CT molecular complexity index is 544. The zero-order valence-corrected chi connectivity index (χ0v) is 11.4. The van der Waals surface area contributed by atoms with Crippen LogP contribution in [0.5, 0.6) is 0 Å². The van der Waals surface area contributed by atoms with Crippen molar-refractivity contribution in [2.45, 2.75) is 27.2 Å². The fourth-order valence-electron chi connectivity index (χ4n) is 1.90. The second kappa shape index (κ2) is 5.17. The largest absolute Gasteiger partial charge is 0.373 e. The highest BCUT2D eigenvalue weighted by molar-refractivity contribution is 5.45. The van der Waals surface area contributed by atoms with Gasteiger partial charge in [0.25, 0.3) is 0 Å². The van der Waals surface area contributed by atoms with Crippen LogP contribution in [0.25, 0.3) is 0 Å². The molecule has 1 heterocycles. The van der Waals surface area contributed by atoms with E-state index in [9.17, 15) is 0 Å². The maximum absolute atomic E-state index is 4.55. The Kier molecular flexibility index (Phi) is 3.60. The Morgan fingerprint density at radius 1 is 1.00 bits per heavy atom. The van der Waals surface area contributed by atoms with Crippen molar-refractivity contribution >= 4 is 5.82 Å². The van der Waals surface area contributed by atoms with Crippen molar-refractivity contribution in [1.29, 1.82) is 0 Å². The minimum atomic E-state index is 0.774. The topological polar surface area (TPSA) is 37.8 Å². The molecule has 0 radical (unpaired) electrons. The summed E-state index contributed by atoms with van der Waals surface area (Å²) in [6, 6.07) is 8.50. The molecule has 0 aliphatic heterocycles. The van der Waals surface area contributed by atoms with Crippen molar-refractivity contribution in [1.82, 2.24) is 9.97 Å². The fraction of sp³-hybridized carbons (Fsp3) is 0.333. The van der Waals surface area contributed by atoms with Gasteiger partial charge >= 0.3 is 0 Å². The number of aryl methyl sites for hydroxylation is 2. The fourth-order valence-corrected chi connectivity index (χ4v) is 1.90. The molecule has 2 aromatic rings. The van der Waals surface area contributed by atoms with E-state index < -0.39 is 0 Å². The lowest BCUT2D eigenvalue weighted by Crippen LogP contribution is -2.05. The summed E-state index contributed by atoms with van der Waals surface area (Å²) in [5.41, 5.74) is 4.67. The van der Waals surface area contributed by atoms with Crippen LogP contribution in [-0.4, -0.2) is 17.0 Å². The summed E-state index contributed by atoms with van der Waals surface area (Å²) in [6.45, 7) is 6.16. The van der Waals surface area contributed by atoms with Gasteiger partial charge in [0.2, 0.25) is 0 Å². The smallest absolute Gasteiger partial charge is 0.135 e. The zero-order chi connectivity index (χ0) is 13.1. The van der Waals surface area contributed by atoms with Crippen molar-refractivity contribution in [2.24, 2.45) is 0 Å². The number of benzene rings is 1. The van der Waals surface area contributed by atoms with E-state index in [4.69, 9.17) is 0 Å². The number of anilines is 1. The van der Waals surface area contributed by atoms with E-state index in [0.29, 0.717) is 0 Å². The third-order valence-electron chi connectivity index (χ3n) is 3.16. The van der Waals surface area contributed by atoms with Crippen LogP contribution in [0.2, 0.25) is 0 Å². The van der Waals surface area contributed by atoms with Gasteiger partial charge in [0.15, 0.2) is 0 Å². The summed E-state index contributed by atoms with van der Waals surface area (Å²) in [5, 5.41) is 3.12. The molecule has 1 aromatic carbocycles. The number of nitrogens with zero attached hydrogens (tertiary/aromatic N) is 2. The van der Waals surface area contributed by atoms with Crippen molar-refractivity contribution in [2.75, 3.05) is 12.4 Å². The van der Waals surface area contributed by atoms with Crippen LogP contribution in [0.3, 0.4) is 0 Å². The lowest BCUT2D eigenvalue weighted by Gasteiger charge is -2.09. The normalized spacial score (nSPS) is 10.4. The Morgan fingerprint density at radius 3 is 2.28 bits per heavy atom. The highest BCUT2D eigenvalue weighted by atomic mass is 15.0. The second-order valence-corrected chi connectivity index (χ2v) is 4.61. The van der Waals surface area contributed by atoms with Gasteiger partial charge in [0, 0.05) is 24.7 Å². The molecule has 0 fully saturated rings. The molecule has 0 saturated heterocycles. The van der Waals surface area contributed by atoms with Crippen LogP contribution in [0, 0.1) is 20.8 Å². The highest BCUT2D eigenvalue weighted by Gasteiger charge is 2.07. The van der Waals surface area contributed by atoms with Gasteiger partial charge < -0.3 is 5.32 Å². The van der Waals surface area contributed by atoms with Crippen LogP contribution in [0.1, 0.15) is 28.2 Å². The van der Waals surface area contributed by atoms with Crippen LogP contribution in [-0.2, 0) is 6.42 Å². The van der Waals surface area contributed by atoms with E-state index in [2.05, 4.69) is 46.5 Å². The molecule has 0 bridgehead atoms. The van der Waals surface area contributed by atoms with E-state index in [1.165, 1.54) is 11.1 Å². The molecule has 0 atom stereocenters. The first kappa shape index (κ1) is 12.6. The zero-order valence-electron chi connectivity index (χ0n) is 11.4. The Morgan fingerprint density at radius 2 is 1.67 bits per heavy atom. The van der Waals surface area contributed by atoms with Crippen LogP contribution in [0.15, 0.2) is 24.3 Å². The molecule has 0 aliphatic rings. The van der Waals surface area contributed by atoms with Crippen molar-refractivity contribution < 1.29 is 0 Å². The predicted molar refractivity (Wildman–Crippen MR) is 75.0 cm³/mol. The quantitative estimate of drug-likeness (QED) is 0.897. The third kappa shape index (κ3) is 2.67. The minimum absolute atomic E-state index is 0.774. The summed E-state index contributed by atoms with van der Waals surface area (Å²) in [7, 11) is 1.89. The molecule has 0 aliphatic carbocycles. The van der Waals surface area contributed by atoms with Gasteiger partial charge in [-0.1, -0.05) is 29.8 Å². The SMILES string of the molecule is CNc1nc(Cc2ccc(C)cc2)nc(C)c1C. The summed E-state index contributed by atoms with van der Waals surface area (Å²) in [4.78, 5) is 9.10. The number of nitrogens with one attached hydrogen (secondary N) is 1. The molecule has 0 spiro atoms. The highest BCUT2D eigenvalue weighted by Crippen LogP contribution is 2.16. The van der Waals surface area contributed by atoms with Gasteiger partial charge in [0.05, 0.1) is 0 Å². The van der Waals surface area contributed by atoms with Gasteiger partial charge in [-0.25, -0.2) is 9.97 Å². The lowest BCUT2D eigenvalue weighted by molar-refractivity contribution is 0.929. The number of aromatic nitrogens is 2. The molecule has 0 amide bonds. The molecule has 94 valence electrons. The second-order valence-electron chi connectivity index (χ2n) is 4.61. The summed E-state index contributed by atoms with van der Waals surface area (Å²) in [6.07, 6.45) is 0.774. The number of hydrogen-bond acceptors (Lipinski definition) is 3. The summed E-state index contributed by atoms with van der Waals surface area (Å²) in [5.74, 6) is 1.79. The average molecular weight is 241 g/mol. The van der Waals surface area contributed by atoms with Gasteiger partial charge in [0.1, 0.15) is 11.6 Å². The van der Waals surface area contributed by atoms with Crippen LogP contribution in [0.4, 0.5) is 5.82 Å². The van der Waals surface area contributed by atoms with E-state index >= 15 is 0 Å². The van der Waals surface area contributed by atoms with Crippen molar-refractivity contribution in [3.05, 3.63) is 52.5 Å². The number of hydrogen-bond donors (Lipinski definition) is 1. The lowest BCUT2D eigenvalue weighted by atomic mass is 10.1. The molecular weight excluding hydrogens is 222 g/mol. The molecule has 2 rings (SSSR count). The van der Waals surface area contributed by atoms with E-state index in [1.54, 1.807) is 0 Å². The maximum Gasteiger partial charge on any atom is 0.135 e.